The van der Waals surface area contributed by atoms with Gasteiger partial charge in [0.1, 0.15) is 0 Å². The maximum atomic E-state index is 3.75. The summed E-state index contributed by atoms with van der Waals surface area (Å²) in [6.07, 6.45) is 1.10. The molecule has 0 saturated heterocycles. The molecule has 0 radical (unpaired) electrons. The van der Waals surface area contributed by atoms with Gasteiger partial charge in [0.15, 0.2) is 0 Å². The summed E-state index contributed by atoms with van der Waals surface area (Å²) < 4.78 is 0. The van der Waals surface area contributed by atoms with E-state index in [0.717, 1.165) is 6.42 Å². The van der Waals surface area contributed by atoms with Crippen LogP contribution in [0.1, 0.15) is 68.8 Å². The lowest BCUT2D eigenvalue weighted by Gasteiger charge is -2.23. The predicted molar refractivity (Wildman–Crippen MR) is 91.6 cm³/mol. The standard InChI is InChI=1S/C20H27N/c1-5-20(19-9-7-6-8-10-19)21-16(4)18-13-11-17(12-14-18)15(2)3/h6-16,20-21H,5H2,1-4H3. The van der Waals surface area contributed by atoms with Crippen LogP contribution in [0, 0.1) is 0 Å². The Bertz CT molecular complexity index is 528. The van der Waals surface area contributed by atoms with Crippen molar-refractivity contribution in [3.8, 4) is 0 Å². The van der Waals surface area contributed by atoms with Gasteiger partial charge in [0, 0.05) is 12.1 Å². The molecule has 0 aliphatic rings. The van der Waals surface area contributed by atoms with Crippen molar-refractivity contribution in [3.63, 3.8) is 0 Å². The molecule has 0 saturated carbocycles. The van der Waals surface area contributed by atoms with E-state index in [1.165, 1.54) is 16.7 Å². The van der Waals surface area contributed by atoms with E-state index in [-0.39, 0.29) is 0 Å². The van der Waals surface area contributed by atoms with E-state index >= 15 is 0 Å². The molecule has 1 nitrogen and oxygen atoms in total. The number of hydrogen-bond acceptors (Lipinski definition) is 1. The molecule has 0 aliphatic carbocycles. The second-order valence-corrected chi connectivity index (χ2v) is 6.08. The molecule has 2 aromatic carbocycles. The van der Waals surface area contributed by atoms with Crippen molar-refractivity contribution in [2.24, 2.45) is 0 Å². The summed E-state index contributed by atoms with van der Waals surface area (Å²) in [7, 11) is 0. The topological polar surface area (TPSA) is 12.0 Å². The second-order valence-electron chi connectivity index (χ2n) is 6.08. The highest BCUT2D eigenvalue weighted by Crippen LogP contribution is 2.23. The van der Waals surface area contributed by atoms with Crippen LogP contribution >= 0.6 is 0 Å². The van der Waals surface area contributed by atoms with Gasteiger partial charge in [-0.1, -0.05) is 75.4 Å². The molecule has 0 heterocycles. The first-order chi connectivity index (χ1) is 10.1. The van der Waals surface area contributed by atoms with Gasteiger partial charge in [-0.3, -0.25) is 0 Å². The molecular formula is C20H27N. The lowest BCUT2D eigenvalue weighted by molar-refractivity contribution is 0.456. The summed E-state index contributed by atoms with van der Waals surface area (Å²) in [6.45, 7) is 8.95. The second kappa shape index (κ2) is 7.42. The van der Waals surface area contributed by atoms with E-state index in [4.69, 9.17) is 0 Å². The van der Waals surface area contributed by atoms with Crippen LogP contribution in [-0.4, -0.2) is 0 Å². The highest BCUT2D eigenvalue weighted by Gasteiger charge is 2.13. The van der Waals surface area contributed by atoms with Gasteiger partial charge in [0.25, 0.3) is 0 Å². The van der Waals surface area contributed by atoms with Crippen LogP contribution in [0.25, 0.3) is 0 Å². The largest absolute Gasteiger partial charge is 0.303 e. The number of nitrogens with one attached hydrogen (secondary N) is 1. The number of rotatable bonds is 6. The van der Waals surface area contributed by atoms with Crippen molar-refractivity contribution < 1.29 is 0 Å². The molecule has 0 aromatic heterocycles. The van der Waals surface area contributed by atoms with E-state index in [2.05, 4.69) is 87.6 Å². The summed E-state index contributed by atoms with van der Waals surface area (Å²) in [5.41, 5.74) is 4.13. The summed E-state index contributed by atoms with van der Waals surface area (Å²) in [6, 6.07) is 20.5. The van der Waals surface area contributed by atoms with E-state index in [1.807, 2.05) is 0 Å². The van der Waals surface area contributed by atoms with Crippen LogP contribution in [0.4, 0.5) is 0 Å². The van der Waals surface area contributed by atoms with Gasteiger partial charge in [0.2, 0.25) is 0 Å². The minimum absolute atomic E-state index is 0.358. The Morgan fingerprint density at radius 2 is 1.33 bits per heavy atom. The van der Waals surface area contributed by atoms with Gasteiger partial charge in [-0.15, -0.1) is 0 Å². The lowest BCUT2D eigenvalue weighted by Crippen LogP contribution is -2.24. The van der Waals surface area contributed by atoms with E-state index in [1.54, 1.807) is 0 Å². The van der Waals surface area contributed by atoms with Gasteiger partial charge in [-0.2, -0.15) is 0 Å². The third kappa shape index (κ3) is 4.18. The van der Waals surface area contributed by atoms with Gasteiger partial charge >= 0.3 is 0 Å². The van der Waals surface area contributed by atoms with Crippen LogP contribution in [0.3, 0.4) is 0 Å². The van der Waals surface area contributed by atoms with Gasteiger partial charge in [-0.25, -0.2) is 0 Å². The van der Waals surface area contributed by atoms with Gasteiger partial charge in [0.05, 0.1) is 0 Å². The molecule has 21 heavy (non-hydrogen) atoms. The maximum Gasteiger partial charge on any atom is 0.0323 e. The molecule has 1 N–H and O–H groups in total. The fourth-order valence-corrected chi connectivity index (χ4v) is 2.70. The normalized spacial score (nSPS) is 14.1. The van der Waals surface area contributed by atoms with Crippen molar-refractivity contribution in [2.75, 3.05) is 0 Å². The number of benzene rings is 2. The molecule has 2 unspecified atom stereocenters. The average Bonchev–Trinajstić information content (AvgIpc) is 2.53. The first-order valence-corrected chi connectivity index (χ1v) is 8.02. The zero-order valence-electron chi connectivity index (χ0n) is 13.6. The van der Waals surface area contributed by atoms with Crippen LogP contribution in [0.15, 0.2) is 54.6 Å². The SMILES string of the molecule is CCC(NC(C)c1ccc(C(C)C)cc1)c1ccccc1. The first-order valence-electron chi connectivity index (χ1n) is 8.02. The minimum Gasteiger partial charge on any atom is -0.303 e. The van der Waals surface area contributed by atoms with Crippen LogP contribution in [-0.2, 0) is 0 Å². The monoisotopic (exact) mass is 281 g/mol. The third-order valence-electron chi connectivity index (χ3n) is 4.16. The van der Waals surface area contributed by atoms with Gasteiger partial charge in [-0.05, 0) is 36.0 Å². The van der Waals surface area contributed by atoms with Crippen molar-refractivity contribution in [1.29, 1.82) is 0 Å². The fourth-order valence-electron chi connectivity index (χ4n) is 2.70. The number of hydrogen-bond donors (Lipinski definition) is 1. The zero-order chi connectivity index (χ0) is 15.2. The Balaban J connectivity index is 2.07. The molecule has 2 aromatic rings. The smallest absolute Gasteiger partial charge is 0.0323 e. The molecule has 2 rings (SSSR count). The summed E-state index contributed by atoms with van der Waals surface area (Å²) in [4.78, 5) is 0. The van der Waals surface area contributed by atoms with Crippen LogP contribution < -0.4 is 5.32 Å². The Morgan fingerprint density at radius 3 is 1.86 bits per heavy atom. The molecule has 112 valence electrons. The molecule has 0 amide bonds. The van der Waals surface area contributed by atoms with E-state index in [9.17, 15) is 0 Å². The summed E-state index contributed by atoms with van der Waals surface area (Å²) in [5.74, 6) is 0.593. The Morgan fingerprint density at radius 1 is 0.762 bits per heavy atom. The minimum atomic E-state index is 0.358. The average molecular weight is 281 g/mol. The van der Waals surface area contributed by atoms with Crippen molar-refractivity contribution in [2.45, 2.75) is 52.1 Å². The highest BCUT2D eigenvalue weighted by atomic mass is 14.9. The van der Waals surface area contributed by atoms with Crippen molar-refractivity contribution >= 4 is 0 Å². The molecule has 0 fully saturated rings. The molecule has 0 aliphatic heterocycles. The highest BCUT2D eigenvalue weighted by molar-refractivity contribution is 5.27. The molecule has 1 heteroatoms. The van der Waals surface area contributed by atoms with E-state index < -0.39 is 0 Å². The molecular weight excluding hydrogens is 254 g/mol. The van der Waals surface area contributed by atoms with Crippen LogP contribution in [0.2, 0.25) is 0 Å². The molecule has 0 spiro atoms. The molecule has 0 bridgehead atoms. The maximum absolute atomic E-state index is 3.75. The quantitative estimate of drug-likeness (QED) is 0.725. The lowest BCUT2D eigenvalue weighted by atomic mass is 9.98. The Kier molecular flexibility index (Phi) is 5.58. The predicted octanol–water partition coefficient (Wildman–Crippen LogP) is 5.61. The summed E-state index contributed by atoms with van der Waals surface area (Å²) >= 11 is 0. The van der Waals surface area contributed by atoms with Crippen molar-refractivity contribution in [1.82, 2.24) is 5.32 Å². The summed E-state index contributed by atoms with van der Waals surface area (Å²) in [5, 5.41) is 3.75. The van der Waals surface area contributed by atoms with Crippen LogP contribution in [0.5, 0.6) is 0 Å². The fraction of sp³-hybridized carbons (Fsp3) is 0.400. The Hall–Kier alpha value is -1.60. The first kappa shape index (κ1) is 15.8. The molecule has 2 atom stereocenters. The van der Waals surface area contributed by atoms with Crippen molar-refractivity contribution in [3.05, 3.63) is 71.3 Å². The van der Waals surface area contributed by atoms with Gasteiger partial charge < -0.3 is 5.32 Å². The van der Waals surface area contributed by atoms with E-state index in [0.29, 0.717) is 18.0 Å². The third-order valence-corrected chi connectivity index (χ3v) is 4.16. The Labute approximate surface area is 129 Å². The zero-order valence-corrected chi connectivity index (χ0v) is 13.6.